The molecule has 0 aliphatic carbocycles. The molecule has 2 aromatic heterocycles. The summed E-state index contributed by atoms with van der Waals surface area (Å²) >= 11 is 0. The summed E-state index contributed by atoms with van der Waals surface area (Å²) in [6.45, 7) is 6.10. The molecule has 0 amide bonds. The van der Waals surface area contributed by atoms with Crippen LogP contribution in [0.25, 0.3) is 11.3 Å². The highest BCUT2D eigenvalue weighted by molar-refractivity contribution is 5.70. The number of aliphatic hydroxyl groups excluding tert-OH is 1. The highest BCUT2D eigenvalue weighted by Crippen LogP contribution is 2.27. The number of pyridine rings is 1. The Morgan fingerprint density at radius 1 is 1.15 bits per heavy atom. The standard InChI is InChI=1S/C21H25N5O/c1-4-16-8-5-7-14(2)20(16)25-19-11-18(17-9-6-10-22-12-17)24-21(26-19)23-15(3)13-27/h5-12,15,27H,4,13H2,1-3H3,(H2,23,24,25,26)/t15-/m1/s1. The zero-order valence-electron chi connectivity index (χ0n) is 15.9. The highest BCUT2D eigenvalue weighted by Gasteiger charge is 2.11. The molecule has 1 atom stereocenters. The quantitative estimate of drug-likeness (QED) is 0.590. The number of hydrogen-bond acceptors (Lipinski definition) is 6. The fraction of sp³-hybridized carbons (Fsp3) is 0.286. The van der Waals surface area contributed by atoms with E-state index in [0.717, 1.165) is 28.9 Å². The van der Waals surface area contributed by atoms with Crippen molar-refractivity contribution in [3.63, 3.8) is 0 Å². The zero-order valence-corrected chi connectivity index (χ0v) is 15.9. The van der Waals surface area contributed by atoms with Gasteiger partial charge in [0.1, 0.15) is 5.82 Å². The number of aliphatic hydroxyl groups is 1. The number of para-hydroxylation sites is 1. The minimum atomic E-state index is -0.147. The van der Waals surface area contributed by atoms with Crippen LogP contribution < -0.4 is 10.6 Å². The molecule has 6 heteroatoms. The molecule has 0 unspecified atom stereocenters. The third-order valence-electron chi connectivity index (χ3n) is 4.33. The first-order valence-corrected chi connectivity index (χ1v) is 9.13. The summed E-state index contributed by atoms with van der Waals surface area (Å²) in [4.78, 5) is 13.4. The van der Waals surface area contributed by atoms with E-state index in [2.05, 4.69) is 57.6 Å². The summed E-state index contributed by atoms with van der Waals surface area (Å²) in [6, 6.07) is 11.9. The van der Waals surface area contributed by atoms with Crippen molar-refractivity contribution in [3.8, 4) is 11.3 Å². The van der Waals surface area contributed by atoms with Gasteiger partial charge in [-0.3, -0.25) is 4.98 Å². The van der Waals surface area contributed by atoms with Gasteiger partial charge in [0.25, 0.3) is 0 Å². The van der Waals surface area contributed by atoms with Crippen LogP contribution in [0.3, 0.4) is 0 Å². The second-order valence-corrected chi connectivity index (χ2v) is 6.52. The van der Waals surface area contributed by atoms with Crippen molar-refractivity contribution in [1.29, 1.82) is 0 Å². The third kappa shape index (κ3) is 4.60. The van der Waals surface area contributed by atoms with Gasteiger partial charge in [-0.05, 0) is 43.5 Å². The van der Waals surface area contributed by atoms with Crippen molar-refractivity contribution in [1.82, 2.24) is 15.0 Å². The molecule has 3 N–H and O–H groups in total. The number of anilines is 3. The Labute approximate surface area is 159 Å². The molecule has 2 heterocycles. The van der Waals surface area contributed by atoms with Crippen LogP contribution >= 0.6 is 0 Å². The maximum absolute atomic E-state index is 9.35. The number of benzene rings is 1. The Hall–Kier alpha value is -2.99. The summed E-state index contributed by atoms with van der Waals surface area (Å²) in [5, 5.41) is 15.9. The number of hydrogen-bond donors (Lipinski definition) is 3. The first-order valence-electron chi connectivity index (χ1n) is 9.13. The van der Waals surface area contributed by atoms with Crippen LogP contribution in [0.5, 0.6) is 0 Å². The van der Waals surface area contributed by atoms with Crippen LogP contribution in [0.2, 0.25) is 0 Å². The maximum atomic E-state index is 9.35. The van der Waals surface area contributed by atoms with Gasteiger partial charge < -0.3 is 15.7 Å². The normalized spacial score (nSPS) is 11.9. The van der Waals surface area contributed by atoms with Crippen LogP contribution in [0.15, 0.2) is 48.8 Å². The lowest BCUT2D eigenvalue weighted by Gasteiger charge is -2.16. The Morgan fingerprint density at radius 2 is 2.00 bits per heavy atom. The Morgan fingerprint density at radius 3 is 2.70 bits per heavy atom. The number of aryl methyl sites for hydroxylation is 2. The molecule has 140 valence electrons. The van der Waals surface area contributed by atoms with Crippen molar-refractivity contribution < 1.29 is 5.11 Å². The lowest BCUT2D eigenvalue weighted by molar-refractivity contribution is 0.281. The second-order valence-electron chi connectivity index (χ2n) is 6.52. The van der Waals surface area contributed by atoms with Gasteiger partial charge in [-0.25, -0.2) is 4.98 Å². The molecule has 0 bridgehead atoms. The molecule has 0 aliphatic rings. The minimum absolute atomic E-state index is 0.00101. The molecule has 0 saturated carbocycles. The van der Waals surface area contributed by atoms with E-state index < -0.39 is 0 Å². The monoisotopic (exact) mass is 363 g/mol. The number of aromatic nitrogens is 3. The van der Waals surface area contributed by atoms with Gasteiger partial charge >= 0.3 is 0 Å². The van der Waals surface area contributed by atoms with Crippen LogP contribution in [0, 0.1) is 6.92 Å². The molecular formula is C21H25N5O. The molecule has 0 fully saturated rings. The molecule has 0 aliphatic heterocycles. The van der Waals surface area contributed by atoms with Gasteiger partial charge in [0.05, 0.1) is 12.3 Å². The van der Waals surface area contributed by atoms with E-state index in [1.807, 2.05) is 25.1 Å². The lowest BCUT2D eigenvalue weighted by atomic mass is 10.1. The molecule has 1 aromatic carbocycles. The van der Waals surface area contributed by atoms with E-state index in [0.29, 0.717) is 11.8 Å². The summed E-state index contributed by atoms with van der Waals surface area (Å²) in [6.07, 6.45) is 4.44. The number of nitrogens with one attached hydrogen (secondary N) is 2. The van der Waals surface area contributed by atoms with E-state index in [1.54, 1.807) is 12.4 Å². The smallest absolute Gasteiger partial charge is 0.225 e. The maximum Gasteiger partial charge on any atom is 0.225 e. The van der Waals surface area contributed by atoms with Crippen molar-refractivity contribution in [2.75, 3.05) is 17.2 Å². The van der Waals surface area contributed by atoms with Gasteiger partial charge in [0.15, 0.2) is 0 Å². The van der Waals surface area contributed by atoms with Crippen molar-refractivity contribution in [2.45, 2.75) is 33.2 Å². The largest absolute Gasteiger partial charge is 0.394 e. The average Bonchev–Trinajstić information content (AvgIpc) is 2.70. The summed E-state index contributed by atoms with van der Waals surface area (Å²) in [5.74, 6) is 1.16. The molecule has 3 aromatic rings. The molecule has 0 radical (unpaired) electrons. The van der Waals surface area contributed by atoms with Gasteiger partial charge in [-0.1, -0.05) is 25.1 Å². The molecule has 0 spiro atoms. The number of nitrogens with zero attached hydrogens (tertiary/aromatic N) is 3. The van der Waals surface area contributed by atoms with Crippen LogP contribution in [-0.4, -0.2) is 32.7 Å². The van der Waals surface area contributed by atoms with E-state index in [4.69, 9.17) is 0 Å². The first kappa shape index (κ1) is 18.8. The van der Waals surface area contributed by atoms with Gasteiger partial charge in [0.2, 0.25) is 5.95 Å². The predicted molar refractivity (Wildman–Crippen MR) is 109 cm³/mol. The molecule has 27 heavy (non-hydrogen) atoms. The van der Waals surface area contributed by atoms with Gasteiger partial charge in [-0.2, -0.15) is 4.98 Å². The predicted octanol–water partition coefficient (Wildman–Crippen LogP) is 3.95. The molecule has 3 rings (SSSR count). The Bertz CT molecular complexity index is 898. The second kappa shape index (κ2) is 8.60. The van der Waals surface area contributed by atoms with Crippen molar-refractivity contribution in [3.05, 3.63) is 59.9 Å². The average molecular weight is 363 g/mol. The Balaban J connectivity index is 2.03. The highest BCUT2D eigenvalue weighted by atomic mass is 16.3. The summed E-state index contributed by atoms with van der Waals surface area (Å²) in [5.41, 5.74) is 5.13. The SMILES string of the molecule is CCc1cccc(C)c1Nc1cc(-c2cccnc2)nc(N[C@H](C)CO)n1. The molecule has 0 saturated heterocycles. The minimum Gasteiger partial charge on any atom is -0.394 e. The van der Waals surface area contributed by atoms with E-state index >= 15 is 0 Å². The number of rotatable bonds is 7. The third-order valence-corrected chi connectivity index (χ3v) is 4.33. The fourth-order valence-corrected chi connectivity index (χ4v) is 2.83. The van der Waals surface area contributed by atoms with E-state index in [-0.39, 0.29) is 12.6 Å². The molecular weight excluding hydrogens is 338 g/mol. The van der Waals surface area contributed by atoms with Gasteiger partial charge in [-0.15, -0.1) is 0 Å². The Kier molecular flexibility index (Phi) is 5.98. The van der Waals surface area contributed by atoms with Crippen molar-refractivity contribution >= 4 is 17.5 Å². The van der Waals surface area contributed by atoms with E-state index in [1.165, 1.54) is 5.56 Å². The lowest BCUT2D eigenvalue weighted by Crippen LogP contribution is -2.21. The van der Waals surface area contributed by atoms with Crippen LogP contribution in [0.4, 0.5) is 17.5 Å². The van der Waals surface area contributed by atoms with Crippen LogP contribution in [-0.2, 0) is 6.42 Å². The fourth-order valence-electron chi connectivity index (χ4n) is 2.83. The van der Waals surface area contributed by atoms with Crippen molar-refractivity contribution in [2.24, 2.45) is 0 Å². The zero-order chi connectivity index (χ0) is 19.2. The topological polar surface area (TPSA) is 83.0 Å². The summed E-state index contributed by atoms with van der Waals surface area (Å²) < 4.78 is 0. The molecule has 6 nitrogen and oxygen atoms in total. The van der Waals surface area contributed by atoms with Gasteiger partial charge in [0, 0.05) is 35.8 Å². The summed E-state index contributed by atoms with van der Waals surface area (Å²) in [7, 11) is 0. The van der Waals surface area contributed by atoms with E-state index in [9.17, 15) is 5.11 Å². The van der Waals surface area contributed by atoms with Crippen LogP contribution in [0.1, 0.15) is 25.0 Å². The first-order chi connectivity index (χ1) is 13.1.